The third kappa shape index (κ3) is 10.5. The zero-order valence-electron chi connectivity index (χ0n) is 39.1. The largest absolute Gasteiger partial charge is 0.508 e. The highest BCUT2D eigenvalue weighted by molar-refractivity contribution is 5.85. The van der Waals surface area contributed by atoms with Crippen LogP contribution in [0.2, 0.25) is 0 Å². The van der Waals surface area contributed by atoms with Gasteiger partial charge in [-0.2, -0.15) is 0 Å². The molecule has 6 aliphatic carbocycles. The molecule has 9 rings (SSSR count). The Balaban J connectivity index is 0.000000158. The summed E-state index contributed by atoms with van der Waals surface area (Å²) in [7, 11) is 12.0. The topological polar surface area (TPSA) is 111 Å². The van der Waals surface area contributed by atoms with Gasteiger partial charge < -0.3 is 40.2 Å². The van der Waals surface area contributed by atoms with E-state index in [4.69, 9.17) is 0 Å². The first-order chi connectivity index (χ1) is 29.7. The van der Waals surface area contributed by atoms with Gasteiger partial charge in [0.15, 0.2) is 0 Å². The zero-order valence-corrected chi connectivity index (χ0v) is 39.9. The number of fused-ring (bicyclic) bond motifs is 6. The van der Waals surface area contributed by atoms with Crippen LogP contribution in [0.5, 0.6) is 11.5 Å². The van der Waals surface area contributed by atoms with Crippen molar-refractivity contribution in [3.63, 3.8) is 0 Å². The van der Waals surface area contributed by atoms with Crippen molar-refractivity contribution >= 4 is 12.4 Å². The second-order valence-corrected chi connectivity index (χ2v) is 21.6. The molecule has 6 saturated carbocycles. The van der Waals surface area contributed by atoms with Gasteiger partial charge in [-0.3, -0.25) is 0 Å². The minimum absolute atomic E-state index is 0. The molecule has 5 N–H and O–H groups in total. The molecule has 0 heterocycles. The summed E-state index contributed by atoms with van der Waals surface area (Å²) in [6.45, 7) is 4.26. The van der Waals surface area contributed by atoms with E-state index in [1.807, 2.05) is 55.3 Å². The smallest absolute Gasteiger partial charge is 0.129 e. The molecule has 12 atom stereocenters. The summed E-state index contributed by atoms with van der Waals surface area (Å²) >= 11 is 0. The predicted molar refractivity (Wildman–Crippen MR) is 249 cm³/mol. The number of phenolic OH excluding ortho intramolecular Hbond substituents is 2. The van der Waals surface area contributed by atoms with E-state index < -0.39 is 28.4 Å². The van der Waals surface area contributed by atoms with E-state index in [2.05, 4.69) is 14.7 Å². The number of nitrogens with zero attached hydrogens (tertiary/aromatic N) is 3. The van der Waals surface area contributed by atoms with Crippen LogP contribution in [-0.4, -0.2) is 102 Å². The van der Waals surface area contributed by atoms with Gasteiger partial charge in [0.05, 0.1) is 16.8 Å². The average Bonchev–Trinajstić information content (AvgIpc) is 3.94. The predicted octanol–water partition coefficient (Wildman–Crippen LogP) is 9.17. The van der Waals surface area contributed by atoms with Crippen LogP contribution in [-0.2, 0) is 16.8 Å². The fourth-order valence-corrected chi connectivity index (χ4v) is 13.6. The van der Waals surface area contributed by atoms with Crippen molar-refractivity contribution in [2.24, 2.45) is 53.3 Å². The van der Waals surface area contributed by atoms with Gasteiger partial charge in [0, 0.05) is 54.1 Å². The summed E-state index contributed by atoms with van der Waals surface area (Å²) in [5.74, 6) is 2.01. The first kappa shape index (κ1) is 50.5. The molecule has 3 aromatic carbocycles. The van der Waals surface area contributed by atoms with Crippen molar-refractivity contribution in [1.29, 1.82) is 0 Å². The monoisotopic (exact) mass is 914 g/mol. The van der Waals surface area contributed by atoms with E-state index in [0.717, 1.165) is 63.7 Å². The third-order valence-electron chi connectivity index (χ3n) is 16.2. The highest BCUT2D eigenvalue weighted by Crippen LogP contribution is 2.57. The van der Waals surface area contributed by atoms with Crippen molar-refractivity contribution in [2.45, 2.75) is 101 Å². The average molecular weight is 915 g/mol. The van der Waals surface area contributed by atoms with Crippen LogP contribution in [0.25, 0.3) is 0 Å². The normalized spacial score (nSPS) is 34.8. The number of phenols is 2. The Labute approximate surface area is 386 Å². The van der Waals surface area contributed by atoms with Gasteiger partial charge in [-0.05, 0) is 185 Å². The Morgan fingerprint density at radius 3 is 1.09 bits per heavy atom. The molecule has 356 valence electrons. The van der Waals surface area contributed by atoms with Crippen molar-refractivity contribution in [1.82, 2.24) is 14.7 Å². The highest BCUT2D eigenvalue weighted by atomic mass is 35.5. The van der Waals surface area contributed by atoms with Gasteiger partial charge >= 0.3 is 0 Å². The molecule has 3 aromatic rings. The molecule has 12 heteroatoms. The maximum Gasteiger partial charge on any atom is 0.129 e. The Hall–Kier alpha value is -2.90. The number of aromatic hydroxyl groups is 2. The van der Waals surface area contributed by atoms with Crippen molar-refractivity contribution in [2.75, 3.05) is 61.9 Å². The standard InChI is InChI=1S/C18H26FNO.2C17H24FNO2.ClH/c1-12-4-7-17(19)15(8-12)18(21)10-13-5-6-14(9-13)16(18)11-20(2)3;2*1-19(2)10-15-12-4-3-11(7-12)9-17(15,21)14-8-13(20)5-6-16(14)18;/h4,7-8,13-14,16,21H,5-6,9-11H2,1-3H3;2*5-6,8,11-12,15,20-21H,3-4,7,9-10H2,1-2H3;1H/t13-,14-,16-,18-;2*11-,12-,15-,17-;/m000./s1. The zero-order chi connectivity index (χ0) is 45.6. The molecule has 6 bridgehead atoms. The van der Waals surface area contributed by atoms with E-state index in [1.165, 1.54) is 61.7 Å². The molecule has 0 aliphatic heterocycles. The van der Waals surface area contributed by atoms with E-state index >= 15 is 0 Å². The lowest BCUT2D eigenvalue weighted by molar-refractivity contribution is -0.0916. The van der Waals surface area contributed by atoms with E-state index in [-0.39, 0.29) is 58.6 Å². The van der Waals surface area contributed by atoms with Gasteiger partial charge in [0.2, 0.25) is 0 Å². The number of hydrogen-bond donors (Lipinski definition) is 5. The van der Waals surface area contributed by atoms with Crippen molar-refractivity contribution in [3.8, 4) is 11.5 Å². The quantitative estimate of drug-likeness (QED) is 0.145. The maximum absolute atomic E-state index is 14.4. The summed E-state index contributed by atoms with van der Waals surface area (Å²) in [5, 5.41) is 53.6. The SMILES string of the molecule is CN(C)C[C@H]1[C@H]2CC[C@@H](C2)C[C@]1(O)c1cc(O)ccc1F.CN(C)C[C@H]1[C@H]2CC[C@@H](C2)C[C@]1(O)c1cc(O)ccc1F.Cc1ccc(F)c([C@@]2(O)C[C@H]3CC[C@@H](C3)[C@@H]2CN(C)C)c1.Cl. The Morgan fingerprint density at radius 2 is 0.781 bits per heavy atom. The van der Waals surface area contributed by atoms with Gasteiger partial charge in [0.25, 0.3) is 0 Å². The lowest BCUT2D eigenvalue weighted by atomic mass is 9.65. The fourth-order valence-electron chi connectivity index (χ4n) is 13.6. The molecule has 0 amide bonds. The Kier molecular flexibility index (Phi) is 15.9. The molecule has 8 nitrogen and oxygen atoms in total. The lowest BCUT2D eigenvalue weighted by Crippen LogP contribution is -2.48. The van der Waals surface area contributed by atoms with Crippen LogP contribution in [0.3, 0.4) is 0 Å². The van der Waals surface area contributed by atoms with E-state index in [1.54, 1.807) is 6.07 Å². The highest BCUT2D eigenvalue weighted by Gasteiger charge is 2.55. The molecule has 0 aromatic heterocycles. The van der Waals surface area contributed by atoms with Crippen molar-refractivity contribution < 1.29 is 38.7 Å². The molecule has 0 spiro atoms. The minimum Gasteiger partial charge on any atom is -0.508 e. The van der Waals surface area contributed by atoms with Crippen LogP contribution in [0.4, 0.5) is 13.2 Å². The molecule has 64 heavy (non-hydrogen) atoms. The molecule has 6 fully saturated rings. The van der Waals surface area contributed by atoms with Crippen LogP contribution < -0.4 is 0 Å². The summed E-state index contributed by atoms with van der Waals surface area (Å²) in [6, 6.07) is 13.1. The Morgan fingerprint density at radius 1 is 0.484 bits per heavy atom. The van der Waals surface area contributed by atoms with Crippen molar-refractivity contribution in [3.05, 3.63) is 94.3 Å². The first-order valence-electron chi connectivity index (χ1n) is 23.6. The summed E-state index contributed by atoms with van der Waals surface area (Å²) in [6.07, 6.45) is 12.2. The molecule has 0 radical (unpaired) electrons. The number of benzene rings is 3. The molecular weight excluding hydrogens is 839 g/mol. The molecular formula is C52H75ClF3N3O5. The van der Waals surface area contributed by atoms with E-state index in [9.17, 15) is 38.7 Å². The summed E-state index contributed by atoms with van der Waals surface area (Å²) in [5.41, 5.74) is -1.28. The Bertz CT molecular complexity index is 1830. The van der Waals surface area contributed by atoms with Gasteiger partial charge in [-0.1, -0.05) is 37.0 Å². The maximum atomic E-state index is 14.4. The van der Waals surface area contributed by atoms with Crippen LogP contribution >= 0.6 is 12.4 Å². The molecule has 6 aliphatic rings. The summed E-state index contributed by atoms with van der Waals surface area (Å²) < 4.78 is 43.0. The van der Waals surface area contributed by atoms with Crippen LogP contribution in [0, 0.1) is 77.6 Å². The number of aryl methyl sites for hydroxylation is 1. The number of aliphatic hydroxyl groups is 3. The third-order valence-corrected chi connectivity index (χ3v) is 16.2. The minimum atomic E-state index is -1.17. The van der Waals surface area contributed by atoms with Gasteiger partial charge in [-0.15, -0.1) is 12.4 Å². The van der Waals surface area contributed by atoms with Gasteiger partial charge in [-0.25, -0.2) is 13.2 Å². The number of rotatable bonds is 9. The fraction of sp³-hybridized carbons (Fsp3) is 0.654. The van der Waals surface area contributed by atoms with E-state index in [0.29, 0.717) is 60.3 Å². The molecule has 0 saturated heterocycles. The van der Waals surface area contributed by atoms with Crippen LogP contribution in [0.1, 0.15) is 99.3 Å². The first-order valence-corrected chi connectivity index (χ1v) is 23.6. The number of hydrogen-bond acceptors (Lipinski definition) is 8. The van der Waals surface area contributed by atoms with Gasteiger partial charge in [0.1, 0.15) is 29.0 Å². The number of halogens is 4. The summed E-state index contributed by atoms with van der Waals surface area (Å²) in [4.78, 5) is 6.26. The second-order valence-electron chi connectivity index (χ2n) is 21.6. The second kappa shape index (κ2) is 20.1. The molecule has 0 unspecified atom stereocenters. The lowest BCUT2D eigenvalue weighted by Gasteiger charge is -2.45. The van der Waals surface area contributed by atoms with Crippen LogP contribution in [0.15, 0.2) is 54.6 Å².